The lowest BCUT2D eigenvalue weighted by molar-refractivity contribution is 0.546. The Morgan fingerprint density at radius 3 is 2.44 bits per heavy atom. The van der Waals surface area contributed by atoms with Gasteiger partial charge in [-0.2, -0.15) is 0 Å². The number of hydrogen-bond acceptors (Lipinski definition) is 1. The largest absolute Gasteiger partial charge is 0.465 e. The summed E-state index contributed by atoms with van der Waals surface area (Å²) in [7, 11) is -1.43. The van der Waals surface area contributed by atoms with E-state index in [1.54, 1.807) is 17.0 Å². The van der Waals surface area contributed by atoms with Gasteiger partial charge in [0.05, 0.1) is 14.3 Å². The lowest BCUT2D eigenvalue weighted by Gasteiger charge is -2.22. The van der Waals surface area contributed by atoms with Crippen molar-refractivity contribution in [3.05, 3.63) is 107 Å². The van der Waals surface area contributed by atoms with Crippen molar-refractivity contribution in [2.45, 2.75) is 51.7 Å². The molecule has 0 fully saturated rings. The summed E-state index contributed by atoms with van der Waals surface area (Å²) < 4.78 is 5.89. The summed E-state index contributed by atoms with van der Waals surface area (Å²) in [4.78, 5) is 0. The van der Waals surface area contributed by atoms with Crippen LogP contribution in [0.15, 0.2) is 88.6 Å². The van der Waals surface area contributed by atoms with Crippen LogP contribution in [0, 0.1) is 0 Å². The van der Waals surface area contributed by atoms with Gasteiger partial charge >= 0.3 is 0 Å². The van der Waals surface area contributed by atoms with Gasteiger partial charge in [0.15, 0.2) is 0 Å². The van der Waals surface area contributed by atoms with Crippen LogP contribution in [0.5, 0.6) is 0 Å². The molecule has 2 aromatic carbocycles. The molecule has 0 aliphatic heterocycles. The number of benzene rings is 2. The van der Waals surface area contributed by atoms with Crippen molar-refractivity contribution in [3.63, 3.8) is 0 Å². The molecule has 1 heterocycles. The van der Waals surface area contributed by atoms with Gasteiger partial charge in [0, 0.05) is 11.5 Å². The molecule has 2 aliphatic carbocycles. The fourth-order valence-electron chi connectivity index (χ4n) is 5.35. The summed E-state index contributed by atoms with van der Waals surface area (Å²) in [5, 5.41) is 1.56. The van der Waals surface area contributed by atoms with Gasteiger partial charge in [-0.1, -0.05) is 90.6 Å². The van der Waals surface area contributed by atoms with Crippen LogP contribution in [0.4, 0.5) is 0 Å². The molecule has 3 aromatic rings. The molecule has 2 aliphatic rings. The van der Waals surface area contributed by atoms with Crippen LogP contribution < -0.4 is 5.19 Å². The Hall–Kier alpha value is -2.84. The first-order valence-electron chi connectivity index (χ1n) is 11.8. The number of hydrogen-bond donors (Lipinski definition) is 0. The maximum atomic E-state index is 5.89. The fraction of sp³-hybridized carbons (Fsp3) is 0.267. The van der Waals surface area contributed by atoms with E-state index in [2.05, 4.69) is 93.3 Å². The molecule has 32 heavy (non-hydrogen) atoms. The van der Waals surface area contributed by atoms with Crippen molar-refractivity contribution in [3.8, 4) is 0 Å². The fourth-order valence-corrected chi connectivity index (χ4v) is 6.97. The highest BCUT2D eigenvalue weighted by atomic mass is 28.3. The lowest BCUT2D eigenvalue weighted by Crippen LogP contribution is -2.39. The van der Waals surface area contributed by atoms with Crippen LogP contribution in [0.2, 0.25) is 19.6 Å². The van der Waals surface area contributed by atoms with E-state index in [0.29, 0.717) is 5.92 Å². The Labute approximate surface area is 193 Å². The van der Waals surface area contributed by atoms with E-state index in [0.717, 1.165) is 25.0 Å². The molecule has 0 saturated carbocycles. The predicted molar refractivity (Wildman–Crippen MR) is 140 cm³/mol. The van der Waals surface area contributed by atoms with E-state index in [1.807, 2.05) is 6.07 Å². The second-order valence-corrected chi connectivity index (χ2v) is 15.3. The highest BCUT2D eigenvalue weighted by molar-refractivity contribution is 6.89. The number of furan rings is 1. The smallest absolute Gasteiger partial charge is 0.130 e. The highest BCUT2D eigenvalue weighted by Crippen LogP contribution is 2.46. The zero-order valence-corrected chi connectivity index (χ0v) is 20.6. The monoisotopic (exact) mass is 436 g/mol. The first kappa shape index (κ1) is 21.0. The van der Waals surface area contributed by atoms with Crippen LogP contribution in [0.25, 0.3) is 17.2 Å². The third-order valence-electron chi connectivity index (χ3n) is 7.04. The molecule has 5 rings (SSSR count). The number of allylic oxidation sites excluding steroid dienone is 5. The molecule has 2 heteroatoms. The van der Waals surface area contributed by atoms with E-state index < -0.39 is 8.07 Å². The van der Waals surface area contributed by atoms with Gasteiger partial charge in [-0.05, 0) is 66.7 Å². The highest BCUT2D eigenvalue weighted by Gasteiger charge is 2.32. The normalized spacial score (nSPS) is 18.1. The minimum absolute atomic E-state index is 0.397. The van der Waals surface area contributed by atoms with E-state index in [9.17, 15) is 0 Å². The molecular weight excluding hydrogens is 404 g/mol. The van der Waals surface area contributed by atoms with Crippen molar-refractivity contribution in [2.75, 3.05) is 0 Å². The minimum atomic E-state index is -1.43. The van der Waals surface area contributed by atoms with E-state index >= 15 is 0 Å². The minimum Gasteiger partial charge on any atom is -0.465 e. The molecule has 162 valence electrons. The molecule has 0 bridgehead atoms. The van der Waals surface area contributed by atoms with Gasteiger partial charge in [-0.3, -0.25) is 0 Å². The van der Waals surface area contributed by atoms with Gasteiger partial charge in [0.1, 0.15) is 5.76 Å². The van der Waals surface area contributed by atoms with Gasteiger partial charge in [0.2, 0.25) is 0 Å². The SMILES string of the molecule is CC1=C(CCC2C(c3ccco3)=Cc3c2cccc3[Si](C)(C)C)CC(c2ccccc2)=C1. The van der Waals surface area contributed by atoms with Gasteiger partial charge in [-0.25, -0.2) is 0 Å². The van der Waals surface area contributed by atoms with E-state index in [4.69, 9.17) is 4.42 Å². The summed E-state index contributed by atoms with van der Waals surface area (Å²) in [5.74, 6) is 1.42. The third-order valence-corrected chi connectivity index (χ3v) is 9.09. The van der Waals surface area contributed by atoms with Crippen molar-refractivity contribution in [2.24, 2.45) is 0 Å². The van der Waals surface area contributed by atoms with Crippen molar-refractivity contribution in [1.82, 2.24) is 0 Å². The third kappa shape index (κ3) is 3.88. The van der Waals surface area contributed by atoms with E-state index in [-0.39, 0.29) is 0 Å². The maximum absolute atomic E-state index is 5.89. The van der Waals surface area contributed by atoms with Gasteiger partial charge in [0.25, 0.3) is 0 Å². The quantitative estimate of drug-likeness (QED) is 0.356. The zero-order valence-electron chi connectivity index (χ0n) is 19.6. The number of rotatable bonds is 6. The first-order valence-corrected chi connectivity index (χ1v) is 15.3. The standard InChI is InChI=1S/C30H32OSi/c1-21-18-24(22-10-6-5-7-11-22)19-23(21)15-16-26-25-12-8-14-30(32(2,3)4)28(25)20-27(26)29-13-9-17-31-29/h5-14,17-18,20,26H,15-16,19H2,1-4H3. The Kier molecular flexibility index (Phi) is 5.42. The maximum Gasteiger partial charge on any atom is 0.130 e. The van der Waals surface area contributed by atoms with Crippen LogP contribution >= 0.6 is 0 Å². The van der Waals surface area contributed by atoms with Crippen LogP contribution in [-0.4, -0.2) is 8.07 Å². The second-order valence-electron chi connectivity index (χ2n) is 10.2. The summed E-state index contributed by atoms with van der Waals surface area (Å²) in [5.41, 5.74) is 10.1. The molecule has 1 nitrogen and oxygen atoms in total. The summed E-state index contributed by atoms with van der Waals surface area (Å²) in [6, 6.07) is 21.9. The molecule has 0 spiro atoms. The summed E-state index contributed by atoms with van der Waals surface area (Å²) >= 11 is 0. The molecule has 0 saturated heterocycles. The topological polar surface area (TPSA) is 13.1 Å². The molecule has 1 aromatic heterocycles. The molecular formula is C30H32OSi. The van der Waals surface area contributed by atoms with Gasteiger partial charge < -0.3 is 4.42 Å². The molecule has 0 N–H and O–H groups in total. The summed E-state index contributed by atoms with van der Waals surface area (Å²) in [6.07, 6.45) is 9.94. The van der Waals surface area contributed by atoms with Gasteiger partial charge in [-0.15, -0.1) is 0 Å². The predicted octanol–water partition coefficient (Wildman–Crippen LogP) is 8.05. The summed E-state index contributed by atoms with van der Waals surface area (Å²) in [6.45, 7) is 9.61. The van der Waals surface area contributed by atoms with Crippen LogP contribution in [0.3, 0.4) is 0 Å². The Morgan fingerprint density at radius 1 is 0.906 bits per heavy atom. The Balaban J connectivity index is 1.42. The van der Waals surface area contributed by atoms with Crippen molar-refractivity contribution in [1.29, 1.82) is 0 Å². The Bertz CT molecular complexity index is 1220. The second kappa shape index (κ2) is 8.25. The first-order chi connectivity index (χ1) is 15.4. The molecule has 1 atom stereocenters. The molecule has 1 unspecified atom stereocenters. The van der Waals surface area contributed by atoms with Crippen molar-refractivity contribution < 1.29 is 4.42 Å². The van der Waals surface area contributed by atoms with Crippen LogP contribution in [-0.2, 0) is 0 Å². The molecule has 0 radical (unpaired) electrons. The lowest BCUT2D eigenvalue weighted by atomic mass is 9.87. The number of fused-ring (bicyclic) bond motifs is 1. The Morgan fingerprint density at radius 2 is 1.72 bits per heavy atom. The average molecular weight is 437 g/mol. The average Bonchev–Trinajstić information content (AvgIpc) is 3.50. The van der Waals surface area contributed by atoms with Crippen molar-refractivity contribution >= 4 is 30.5 Å². The van der Waals surface area contributed by atoms with E-state index in [1.165, 1.54) is 33.4 Å². The molecule has 0 amide bonds. The zero-order chi connectivity index (χ0) is 22.3. The van der Waals surface area contributed by atoms with Crippen LogP contribution in [0.1, 0.15) is 54.6 Å².